The van der Waals surface area contributed by atoms with Gasteiger partial charge in [-0.1, -0.05) is 13.0 Å². The molecule has 1 amide bonds. The molecule has 1 aromatic carbocycles. The third-order valence-corrected chi connectivity index (χ3v) is 7.46. The molecule has 0 spiro atoms. The van der Waals surface area contributed by atoms with E-state index in [1.807, 2.05) is 30.2 Å². The van der Waals surface area contributed by atoms with Gasteiger partial charge in [0, 0.05) is 36.7 Å². The fraction of sp³-hybridized carbons (Fsp3) is 0.480. The number of carbonyl (C=O) groups is 1. The van der Waals surface area contributed by atoms with E-state index in [4.69, 9.17) is 4.42 Å². The molecule has 30 heavy (non-hydrogen) atoms. The predicted octanol–water partition coefficient (Wildman–Crippen LogP) is 3.82. The normalized spacial score (nSPS) is 28.5. The number of benzene rings is 1. The molecule has 2 bridgehead atoms. The SMILES string of the molecule is CN(C(=O)/C=C/c1ccoc1)[C@H]1C2Cc3ccc(O)cc3[C@]1(C)CCN2CC1CC1. The molecule has 1 aromatic heterocycles. The summed E-state index contributed by atoms with van der Waals surface area (Å²) in [5, 5.41) is 10.2. The molecule has 2 aromatic rings. The Morgan fingerprint density at radius 3 is 2.93 bits per heavy atom. The second kappa shape index (κ2) is 7.31. The zero-order valence-corrected chi connectivity index (χ0v) is 17.8. The van der Waals surface area contributed by atoms with E-state index in [0.717, 1.165) is 37.4 Å². The zero-order chi connectivity index (χ0) is 20.9. The molecule has 5 rings (SSSR count). The summed E-state index contributed by atoms with van der Waals surface area (Å²) in [6.07, 6.45) is 11.3. The Labute approximate surface area is 178 Å². The van der Waals surface area contributed by atoms with Crippen LogP contribution < -0.4 is 0 Å². The Bertz CT molecular complexity index is 963. The maximum absolute atomic E-state index is 13.2. The van der Waals surface area contributed by atoms with Crippen molar-refractivity contribution < 1.29 is 14.3 Å². The van der Waals surface area contributed by atoms with Crippen LogP contribution in [0.1, 0.15) is 42.9 Å². The van der Waals surface area contributed by atoms with Gasteiger partial charge in [-0.3, -0.25) is 9.69 Å². The molecule has 1 N–H and O–H groups in total. The lowest BCUT2D eigenvalue weighted by molar-refractivity contribution is -0.132. The molecule has 5 nitrogen and oxygen atoms in total. The summed E-state index contributed by atoms with van der Waals surface area (Å²) in [5.74, 6) is 1.13. The highest BCUT2D eigenvalue weighted by molar-refractivity contribution is 5.92. The lowest BCUT2D eigenvalue weighted by Crippen LogP contribution is -2.68. The van der Waals surface area contributed by atoms with Gasteiger partial charge in [-0.15, -0.1) is 0 Å². The smallest absolute Gasteiger partial charge is 0.246 e. The predicted molar refractivity (Wildman–Crippen MR) is 116 cm³/mol. The van der Waals surface area contributed by atoms with Gasteiger partial charge in [-0.05, 0) is 73.5 Å². The zero-order valence-electron chi connectivity index (χ0n) is 17.8. The molecule has 158 valence electrons. The quantitative estimate of drug-likeness (QED) is 0.767. The Balaban J connectivity index is 1.49. The summed E-state index contributed by atoms with van der Waals surface area (Å²) < 4.78 is 5.10. The van der Waals surface area contributed by atoms with Crippen LogP contribution in [0, 0.1) is 5.92 Å². The first-order valence-electron chi connectivity index (χ1n) is 11.0. The first-order chi connectivity index (χ1) is 14.5. The van der Waals surface area contributed by atoms with E-state index in [-0.39, 0.29) is 17.4 Å². The fourth-order valence-corrected chi connectivity index (χ4v) is 5.68. The average Bonchev–Trinajstić information content (AvgIpc) is 3.39. The molecule has 2 heterocycles. The standard InChI is InChI=1S/C25H30N2O3/c1-25-10-11-27(15-17-3-4-17)22(13-19-6-7-20(28)14-21(19)25)24(25)26(2)23(29)8-5-18-9-12-30-16-18/h5-9,12,14,16-17,22,24,28H,3-4,10-11,13,15H2,1-2H3/b8-5+/t22?,24-,25-/m0/s1. The minimum absolute atomic E-state index is 0.00861. The van der Waals surface area contributed by atoms with Crippen molar-refractivity contribution in [3.63, 3.8) is 0 Å². The molecule has 3 aliphatic rings. The van der Waals surface area contributed by atoms with E-state index in [2.05, 4.69) is 17.9 Å². The number of amides is 1. The number of hydrogen-bond acceptors (Lipinski definition) is 4. The number of nitrogens with zero attached hydrogens (tertiary/aromatic N) is 2. The van der Waals surface area contributed by atoms with Crippen molar-refractivity contribution in [2.24, 2.45) is 5.92 Å². The van der Waals surface area contributed by atoms with Gasteiger partial charge in [0.15, 0.2) is 0 Å². The van der Waals surface area contributed by atoms with Crippen molar-refractivity contribution in [3.05, 3.63) is 59.6 Å². The van der Waals surface area contributed by atoms with Gasteiger partial charge in [0.1, 0.15) is 5.75 Å². The molecule has 2 fully saturated rings. The van der Waals surface area contributed by atoms with Crippen LogP contribution in [-0.4, -0.2) is 53.0 Å². The van der Waals surface area contributed by atoms with Crippen LogP contribution in [0.4, 0.5) is 0 Å². The van der Waals surface area contributed by atoms with Crippen molar-refractivity contribution in [2.75, 3.05) is 20.1 Å². The highest BCUT2D eigenvalue weighted by Gasteiger charge is 2.53. The molecular weight excluding hydrogens is 376 g/mol. The number of furan rings is 1. The first-order valence-corrected chi connectivity index (χ1v) is 11.0. The molecular formula is C25H30N2O3. The van der Waals surface area contributed by atoms with Crippen molar-refractivity contribution in [3.8, 4) is 5.75 Å². The summed E-state index contributed by atoms with van der Waals surface area (Å²) in [4.78, 5) is 17.7. The molecule has 3 atom stereocenters. The van der Waals surface area contributed by atoms with Gasteiger partial charge in [0.05, 0.1) is 18.6 Å². The minimum atomic E-state index is -0.176. The summed E-state index contributed by atoms with van der Waals surface area (Å²) in [5.41, 5.74) is 3.22. The highest BCUT2D eigenvalue weighted by Crippen LogP contribution is 2.48. The number of phenols is 1. The van der Waals surface area contributed by atoms with E-state index in [1.165, 1.54) is 24.0 Å². The van der Waals surface area contributed by atoms with E-state index in [0.29, 0.717) is 11.8 Å². The van der Waals surface area contributed by atoms with Gasteiger partial charge in [0.25, 0.3) is 0 Å². The largest absolute Gasteiger partial charge is 0.508 e. The van der Waals surface area contributed by atoms with E-state index < -0.39 is 0 Å². The summed E-state index contributed by atoms with van der Waals surface area (Å²) >= 11 is 0. The maximum atomic E-state index is 13.2. The number of piperidine rings is 1. The molecule has 2 aliphatic carbocycles. The Kier molecular flexibility index (Phi) is 4.73. The number of rotatable bonds is 5. The van der Waals surface area contributed by atoms with E-state index >= 15 is 0 Å². The van der Waals surface area contributed by atoms with Crippen LogP contribution in [-0.2, 0) is 16.6 Å². The number of aromatic hydroxyl groups is 1. The van der Waals surface area contributed by atoms with E-state index in [1.54, 1.807) is 24.7 Å². The number of carbonyl (C=O) groups excluding carboxylic acids is 1. The number of phenolic OH excluding ortho intramolecular Hbond substituents is 1. The second-order valence-electron chi connectivity index (χ2n) is 9.50. The molecule has 1 saturated carbocycles. The molecule has 5 heteroatoms. The van der Waals surface area contributed by atoms with Crippen molar-refractivity contribution in [1.82, 2.24) is 9.80 Å². The molecule has 1 saturated heterocycles. The summed E-state index contributed by atoms with van der Waals surface area (Å²) in [6.45, 7) is 4.47. The first kappa shape index (κ1) is 19.4. The summed E-state index contributed by atoms with van der Waals surface area (Å²) in [6, 6.07) is 8.02. The van der Waals surface area contributed by atoms with Gasteiger partial charge in [-0.25, -0.2) is 0 Å². The van der Waals surface area contributed by atoms with Crippen LogP contribution >= 0.6 is 0 Å². The Hall–Kier alpha value is -2.53. The average molecular weight is 407 g/mol. The van der Waals surface area contributed by atoms with Crippen LogP contribution in [0.5, 0.6) is 5.75 Å². The number of hydrogen-bond donors (Lipinski definition) is 1. The summed E-state index contributed by atoms with van der Waals surface area (Å²) in [7, 11) is 1.94. The monoisotopic (exact) mass is 406 g/mol. The van der Waals surface area contributed by atoms with Gasteiger partial charge < -0.3 is 14.4 Å². The highest BCUT2D eigenvalue weighted by atomic mass is 16.3. The lowest BCUT2D eigenvalue weighted by atomic mass is 9.61. The van der Waals surface area contributed by atoms with Crippen LogP contribution in [0.15, 0.2) is 47.3 Å². The molecule has 0 radical (unpaired) electrons. The second-order valence-corrected chi connectivity index (χ2v) is 9.50. The van der Waals surface area contributed by atoms with Crippen LogP contribution in [0.25, 0.3) is 6.08 Å². The number of fused-ring (bicyclic) bond motifs is 4. The lowest BCUT2D eigenvalue weighted by Gasteiger charge is -2.58. The number of likely N-dealkylation sites (N-methyl/N-ethyl adjacent to an activating group) is 1. The minimum Gasteiger partial charge on any atom is -0.508 e. The van der Waals surface area contributed by atoms with Gasteiger partial charge in [0.2, 0.25) is 5.91 Å². The Morgan fingerprint density at radius 2 is 2.20 bits per heavy atom. The van der Waals surface area contributed by atoms with Crippen molar-refractivity contribution in [2.45, 2.75) is 50.1 Å². The van der Waals surface area contributed by atoms with E-state index in [9.17, 15) is 9.90 Å². The van der Waals surface area contributed by atoms with Gasteiger partial charge in [-0.2, -0.15) is 0 Å². The number of likely N-dealkylation sites (tertiary alicyclic amines) is 1. The topological polar surface area (TPSA) is 56.9 Å². The van der Waals surface area contributed by atoms with Crippen LogP contribution in [0.2, 0.25) is 0 Å². The van der Waals surface area contributed by atoms with Crippen molar-refractivity contribution in [1.29, 1.82) is 0 Å². The van der Waals surface area contributed by atoms with Crippen molar-refractivity contribution >= 4 is 12.0 Å². The third-order valence-electron chi connectivity index (χ3n) is 7.46. The Morgan fingerprint density at radius 1 is 1.37 bits per heavy atom. The fourth-order valence-electron chi connectivity index (χ4n) is 5.68. The molecule has 1 aliphatic heterocycles. The third kappa shape index (κ3) is 3.35. The van der Waals surface area contributed by atoms with Crippen LogP contribution in [0.3, 0.4) is 0 Å². The van der Waals surface area contributed by atoms with Gasteiger partial charge >= 0.3 is 0 Å². The maximum Gasteiger partial charge on any atom is 0.246 e. The molecule has 1 unspecified atom stereocenters.